The van der Waals surface area contributed by atoms with Crippen LogP contribution in [0.4, 0.5) is 0 Å². The van der Waals surface area contributed by atoms with Crippen molar-refractivity contribution in [2.75, 3.05) is 0 Å². The molecule has 0 aromatic carbocycles. The number of hydrogen-bond donors (Lipinski definition) is 1. The standard InChI is InChI=1S/C9H6N4O2/c1-5-7(9(14)15)4-13-8(12-5)6(2-10)3-11-13/h3-4H,1H3,(H,14,15). The van der Waals surface area contributed by atoms with Crippen molar-refractivity contribution in [1.29, 1.82) is 5.26 Å². The van der Waals surface area contributed by atoms with E-state index < -0.39 is 5.97 Å². The minimum Gasteiger partial charge on any atom is -0.478 e. The molecule has 15 heavy (non-hydrogen) atoms. The number of nitriles is 1. The fourth-order valence-electron chi connectivity index (χ4n) is 1.29. The van der Waals surface area contributed by atoms with Gasteiger partial charge in [0.15, 0.2) is 5.65 Å². The second kappa shape index (κ2) is 3.06. The van der Waals surface area contributed by atoms with Gasteiger partial charge in [0.2, 0.25) is 0 Å². The van der Waals surface area contributed by atoms with Crippen LogP contribution in [-0.4, -0.2) is 25.7 Å². The Kier molecular flexibility index (Phi) is 1.87. The summed E-state index contributed by atoms with van der Waals surface area (Å²) in [7, 11) is 0. The molecule has 0 saturated heterocycles. The molecule has 6 nitrogen and oxygen atoms in total. The number of carboxylic acid groups (broad SMARTS) is 1. The third kappa shape index (κ3) is 1.30. The first-order valence-corrected chi connectivity index (χ1v) is 4.12. The summed E-state index contributed by atoms with van der Waals surface area (Å²) < 4.78 is 1.29. The highest BCUT2D eigenvalue weighted by Gasteiger charge is 2.12. The van der Waals surface area contributed by atoms with Crippen LogP contribution in [0.5, 0.6) is 0 Å². The van der Waals surface area contributed by atoms with Gasteiger partial charge in [-0.3, -0.25) is 0 Å². The molecule has 6 heteroatoms. The molecule has 2 heterocycles. The SMILES string of the molecule is Cc1nc2c(C#N)cnn2cc1C(=O)O. The van der Waals surface area contributed by atoms with Crippen LogP contribution in [0, 0.1) is 18.3 Å². The minimum absolute atomic E-state index is 0.0788. The Hall–Kier alpha value is -2.42. The highest BCUT2D eigenvalue weighted by Crippen LogP contribution is 2.11. The molecule has 0 atom stereocenters. The highest BCUT2D eigenvalue weighted by atomic mass is 16.4. The van der Waals surface area contributed by atoms with Crippen LogP contribution in [0.3, 0.4) is 0 Å². The number of hydrogen-bond acceptors (Lipinski definition) is 4. The largest absolute Gasteiger partial charge is 0.478 e. The van der Waals surface area contributed by atoms with Gasteiger partial charge < -0.3 is 5.11 Å². The Labute approximate surface area is 84.4 Å². The summed E-state index contributed by atoms with van der Waals surface area (Å²) in [5, 5.41) is 21.4. The molecular weight excluding hydrogens is 196 g/mol. The highest BCUT2D eigenvalue weighted by molar-refractivity contribution is 5.88. The molecule has 2 aromatic heterocycles. The molecule has 0 bridgehead atoms. The van der Waals surface area contributed by atoms with Gasteiger partial charge in [-0.05, 0) is 6.92 Å². The molecule has 2 aromatic rings. The number of aromatic carboxylic acids is 1. The number of aryl methyl sites for hydroxylation is 1. The summed E-state index contributed by atoms with van der Waals surface area (Å²) in [6.07, 6.45) is 2.70. The van der Waals surface area contributed by atoms with Crippen LogP contribution in [0.2, 0.25) is 0 Å². The lowest BCUT2D eigenvalue weighted by Crippen LogP contribution is -2.05. The van der Waals surface area contributed by atoms with E-state index >= 15 is 0 Å². The molecule has 0 aliphatic heterocycles. The van der Waals surface area contributed by atoms with E-state index in [1.165, 1.54) is 16.9 Å². The Bertz CT molecular complexity index is 594. The van der Waals surface area contributed by atoms with Crippen LogP contribution in [0.1, 0.15) is 21.6 Å². The van der Waals surface area contributed by atoms with Crippen molar-refractivity contribution < 1.29 is 9.90 Å². The minimum atomic E-state index is -1.06. The lowest BCUT2D eigenvalue weighted by atomic mass is 10.2. The first-order valence-electron chi connectivity index (χ1n) is 4.12. The Morgan fingerprint density at radius 3 is 3.00 bits per heavy atom. The zero-order valence-electron chi connectivity index (χ0n) is 7.80. The fraction of sp³-hybridized carbons (Fsp3) is 0.111. The third-order valence-corrected chi connectivity index (χ3v) is 2.03. The van der Waals surface area contributed by atoms with Crippen molar-refractivity contribution >= 4 is 11.6 Å². The molecule has 0 unspecified atom stereocenters. The Balaban J connectivity index is 2.79. The van der Waals surface area contributed by atoms with Crippen LogP contribution >= 0.6 is 0 Å². The summed E-state index contributed by atoms with van der Waals surface area (Å²) >= 11 is 0. The molecule has 1 N–H and O–H groups in total. The fourth-order valence-corrected chi connectivity index (χ4v) is 1.29. The molecular formula is C9H6N4O2. The number of carbonyl (C=O) groups is 1. The van der Waals surface area contributed by atoms with E-state index in [0.717, 1.165) is 0 Å². The predicted molar refractivity (Wildman–Crippen MR) is 49.4 cm³/mol. The van der Waals surface area contributed by atoms with Crippen molar-refractivity contribution in [3.05, 3.63) is 29.2 Å². The van der Waals surface area contributed by atoms with Gasteiger partial charge in [-0.1, -0.05) is 0 Å². The molecule has 0 radical (unpaired) electrons. The second-order valence-electron chi connectivity index (χ2n) is 2.98. The number of aromatic nitrogens is 3. The molecule has 0 saturated carbocycles. The van der Waals surface area contributed by atoms with E-state index in [1.807, 2.05) is 6.07 Å². The Morgan fingerprint density at radius 1 is 1.67 bits per heavy atom. The van der Waals surface area contributed by atoms with Crippen molar-refractivity contribution in [3.63, 3.8) is 0 Å². The van der Waals surface area contributed by atoms with Crippen molar-refractivity contribution in [1.82, 2.24) is 14.6 Å². The van der Waals surface area contributed by atoms with Gasteiger partial charge >= 0.3 is 5.97 Å². The van der Waals surface area contributed by atoms with Gasteiger partial charge in [-0.2, -0.15) is 10.4 Å². The molecule has 74 valence electrons. The zero-order chi connectivity index (χ0) is 11.0. The third-order valence-electron chi connectivity index (χ3n) is 2.03. The molecule has 0 spiro atoms. The maximum atomic E-state index is 10.8. The summed E-state index contributed by atoms with van der Waals surface area (Å²) in [5.74, 6) is -1.06. The van der Waals surface area contributed by atoms with Gasteiger partial charge in [0.1, 0.15) is 11.6 Å². The zero-order valence-corrected chi connectivity index (χ0v) is 7.80. The summed E-state index contributed by atoms with van der Waals surface area (Å²) in [6.45, 7) is 1.58. The van der Waals surface area contributed by atoms with E-state index in [1.54, 1.807) is 6.92 Å². The number of nitrogens with zero attached hydrogens (tertiary/aromatic N) is 4. The van der Waals surface area contributed by atoms with Crippen LogP contribution in [-0.2, 0) is 0 Å². The lowest BCUT2D eigenvalue weighted by molar-refractivity contribution is 0.0695. The van der Waals surface area contributed by atoms with Gasteiger partial charge in [0.25, 0.3) is 0 Å². The lowest BCUT2D eigenvalue weighted by Gasteiger charge is -2.00. The number of fused-ring (bicyclic) bond motifs is 1. The average molecular weight is 202 g/mol. The van der Waals surface area contributed by atoms with Crippen molar-refractivity contribution in [2.45, 2.75) is 6.92 Å². The van der Waals surface area contributed by atoms with Gasteiger partial charge in [-0.25, -0.2) is 14.3 Å². The van der Waals surface area contributed by atoms with Gasteiger partial charge in [0.05, 0.1) is 17.5 Å². The number of rotatable bonds is 1. The van der Waals surface area contributed by atoms with Crippen LogP contribution < -0.4 is 0 Å². The molecule has 2 rings (SSSR count). The van der Waals surface area contributed by atoms with E-state index in [9.17, 15) is 4.79 Å². The predicted octanol–water partition coefficient (Wildman–Crippen LogP) is 0.608. The smallest absolute Gasteiger partial charge is 0.339 e. The quantitative estimate of drug-likeness (QED) is 0.731. The maximum absolute atomic E-state index is 10.8. The van der Waals surface area contributed by atoms with Crippen LogP contribution in [0.25, 0.3) is 5.65 Å². The van der Waals surface area contributed by atoms with Crippen molar-refractivity contribution in [3.8, 4) is 6.07 Å². The monoisotopic (exact) mass is 202 g/mol. The van der Waals surface area contributed by atoms with Gasteiger partial charge in [-0.15, -0.1) is 0 Å². The number of carboxylic acids is 1. The van der Waals surface area contributed by atoms with E-state index in [2.05, 4.69) is 10.1 Å². The average Bonchev–Trinajstić information content (AvgIpc) is 2.58. The summed E-state index contributed by atoms with van der Waals surface area (Å²) in [4.78, 5) is 14.8. The summed E-state index contributed by atoms with van der Waals surface area (Å²) in [5.41, 5.74) is 1.15. The normalized spacial score (nSPS) is 10.1. The molecule has 0 aliphatic carbocycles. The molecule has 0 fully saturated rings. The van der Waals surface area contributed by atoms with E-state index in [4.69, 9.17) is 10.4 Å². The molecule has 0 amide bonds. The van der Waals surface area contributed by atoms with Crippen LogP contribution in [0.15, 0.2) is 12.4 Å². The first kappa shape index (κ1) is 9.15. The summed E-state index contributed by atoms with van der Waals surface area (Å²) in [6, 6.07) is 1.93. The van der Waals surface area contributed by atoms with E-state index in [0.29, 0.717) is 16.9 Å². The second-order valence-corrected chi connectivity index (χ2v) is 2.98. The topological polar surface area (TPSA) is 91.3 Å². The molecule has 0 aliphatic rings. The first-order chi connectivity index (χ1) is 7.13. The van der Waals surface area contributed by atoms with Crippen molar-refractivity contribution in [2.24, 2.45) is 0 Å². The maximum Gasteiger partial charge on any atom is 0.339 e. The van der Waals surface area contributed by atoms with E-state index in [-0.39, 0.29) is 5.56 Å². The Morgan fingerprint density at radius 2 is 2.40 bits per heavy atom. The van der Waals surface area contributed by atoms with Gasteiger partial charge in [0, 0.05) is 6.20 Å².